The molecule has 32 heavy (non-hydrogen) atoms. The standard InChI is InChI=1S/C23H21ClF2N2O3S/c1-3-28(4-2)32(30,31)17-10-11-20(24)19(14-17)23(29)27-22-18(12-16(25)13-21(22)26)15-8-6-5-7-9-15/h5-14H,3-4H2,1-2H3,(H,27,29). The van der Waals surface area contributed by atoms with Crippen molar-refractivity contribution >= 4 is 33.2 Å². The zero-order chi connectivity index (χ0) is 23.5. The second-order valence-electron chi connectivity index (χ2n) is 6.86. The van der Waals surface area contributed by atoms with Crippen LogP contribution in [0.1, 0.15) is 24.2 Å². The summed E-state index contributed by atoms with van der Waals surface area (Å²) >= 11 is 6.15. The highest BCUT2D eigenvalue weighted by atomic mass is 35.5. The molecule has 168 valence electrons. The Kier molecular flexibility index (Phi) is 7.28. The van der Waals surface area contributed by atoms with Gasteiger partial charge in [0.2, 0.25) is 10.0 Å². The Morgan fingerprint density at radius 3 is 2.28 bits per heavy atom. The first kappa shape index (κ1) is 23.8. The molecule has 1 amide bonds. The third kappa shape index (κ3) is 4.82. The molecule has 0 radical (unpaired) electrons. The lowest BCUT2D eigenvalue weighted by Gasteiger charge is -2.19. The third-order valence-electron chi connectivity index (χ3n) is 4.90. The Morgan fingerprint density at radius 1 is 1.00 bits per heavy atom. The van der Waals surface area contributed by atoms with Crippen molar-refractivity contribution in [3.8, 4) is 11.1 Å². The number of hydrogen-bond donors (Lipinski definition) is 1. The molecule has 1 N–H and O–H groups in total. The van der Waals surface area contributed by atoms with Crippen molar-refractivity contribution < 1.29 is 22.0 Å². The molecule has 0 fully saturated rings. The van der Waals surface area contributed by atoms with Crippen LogP contribution in [0.3, 0.4) is 0 Å². The first-order valence-corrected chi connectivity index (χ1v) is 11.7. The van der Waals surface area contributed by atoms with Gasteiger partial charge < -0.3 is 5.32 Å². The van der Waals surface area contributed by atoms with Crippen LogP contribution in [0, 0.1) is 11.6 Å². The number of amides is 1. The molecular weight excluding hydrogens is 458 g/mol. The summed E-state index contributed by atoms with van der Waals surface area (Å²) in [6, 6.07) is 14.0. The van der Waals surface area contributed by atoms with E-state index >= 15 is 0 Å². The Hall–Kier alpha value is -2.81. The van der Waals surface area contributed by atoms with Crippen molar-refractivity contribution in [1.29, 1.82) is 0 Å². The predicted molar refractivity (Wildman–Crippen MR) is 121 cm³/mol. The van der Waals surface area contributed by atoms with E-state index in [1.54, 1.807) is 44.2 Å². The second kappa shape index (κ2) is 9.77. The molecule has 0 saturated carbocycles. The molecule has 3 aromatic carbocycles. The Labute approximate surface area is 190 Å². The number of benzene rings is 3. The fraction of sp³-hybridized carbons (Fsp3) is 0.174. The lowest BCUT2D eigenvalue weighted by Crippen LogP contribution is -2.30. The van der Waals surface area contributed by atoms with Gasteiger partial charge in [-0.1, -0.05) is 55.8 Å². The van der Waals surface area contributed by atoms with E-state index in [9.17, 15) is 22.0 Å². The zero-order valence-corrected chi connectivity index (χ0v) is 19.0. The Balaban J connectivity index is 2.04. The van der Waals surface area contributed by atoms with Gasteiger partial charge in [0.15, 0.2) is 0 Å². The van der Waals surface area contributed by atoms with Crippen LogP contribution < -0.4 is 5.32 Å². The van der Waals surface area contributed by atoms with Crippen LogP contribution in [0.15, 0.2) is 65.6 Å². The van der Waals surface area contributed by atoms with Crippen molar-refractivity contribution in [2.24, 2.45) is 0 Å². The van der Waals surface area contributed by atoms with Crippen molar-refractivity contribution in [2.75, 3.05) is 18.4 Å². The van der Waals surface area contributed by atoms with Crippen LogP contribution >= 0.6 is 11.6 Å². The molecule has 3 rings (SSSR count). The Morgan fingerprint density at radius 2 is 1.66 bits per heavy atom. The number of halogens is 3. The molecule has 0 unspecified atom stereocenters. The van der Waals surface area contributed by atoms with Crippen molar-refractivity contribution in [2.45, 2.75) is 18.7 Å². The summed E-state index contributed by atoms with van der Waals surface area (Å²) < 4.78 is 55.4. The van der Waals surface area contributed by atoms with Crippen LogP contribution in [-0.4, -0.2) is 31.7 Å². The number of nitrogens with one attached hydrogen (secondary N) is 1. The van der Waals surface area contributed by atoms with Crippen LogP contribution in [-0.2, 0) is 10.0 Å². The molecule has 0 spiro atoms. The van der Waals surface area contributed by atoms with Gasteiger partial charge in [0, 0.05) is 24.7 Å². The first-order valence-electron chi connectivity index (χ1n) is 9.84. The van der Waals surface area contributed by atoms with Crippen molar-refractivity contribution in [1.82, 2.24) is 4.31 Å². The smallest absolute Gasteiger partial charge is 0.257 e. The number of hydrogen-bond acceptors (Lipinski definition) is 3. The fourth-order valence-corrected chi connectivity index (χ4v) is 4.97. The predicted octanol–water partition coefficient (Wildman–Crippen LogP) is 5.57. The van der Waals surface area contributed by atoms with E-state index in [2.05, 4.69) is 5.32 Å². The number of carbonyl (C=O) groups excluding carboxylic acids is 1. The summed E-state index contributed by atoms with van der Waals surface area (Å²) in [6.45, 7) is 3.91. The zero-order valence-electron chi connectivity index (χ0n) is 17.4. The maximum atomic E-state index is 14.6. The maximum Gasteiger partial charge on any atom is 0.257 e. The minimum Gasteiger partial charge on any atom is -0.319 e. The fourth-order valence-electron chi connectivity index (χ4n) is 3.28. The van der Waals surface area contributed by atoms with Gasteiger partial charge in [-0.3, -0.25) is 4.79 Å². The molecule has 0 bridgehead atoms. The molecular formula is C23H21ClF2N2O3S. The summed E-state index contributed by atoms with van der Waals surface area (Å²) in [6.07, 6.45) is 0. The van der Waals surface area contributed by atoms with Gasteiger partial charge in [0.1, 0.15) is 11.6 Å². The van der Waals surface area contributed by atoms with Gasteiger partial charge in [0.05, 0.1) is 21.2 Å². The molecule has 0 aromatic heterocycles. The van der Waals surface area contributed by atoms with Gasteiger partial charge >= 0.3 is 0 Å². The third-order valence-corrected chi connectivity index (χ3v) is 7.28. The Bertz CT molecular complexity index is 1250. The molecule has 0 aliphatic rings. The molecule has 5 nitrogen and oxygen atoms in total. The molecule has 0 saturated heterocycles. The molecule has 0 heterocycles. The largest absolute Gasteiger partial charge is 0.319 e. The van der Waals surface area contributed by atoms with Crippen LogP contribution in [0.2, 0.25) is 5.02 Å². The SMILES string of the molecule is CCN(CC)S(=O)(=O)c1ccc(Cl)c(C(=O)Nc2c(F)cc(F)cc2-c2ccccc2)c1. The number of carbonyl (C=O) groups is 1. The number of rotatable bonds is 7. The highest BCUT2D eigenvalue weighted by molar-refractivity contribution is 7.89. The first-order chi connectivity index (χ1) is 15.2. The average molecular weight is 479 g/mol. The van der Waals surface area contributed by atoms with Crippen LogP contribution in [0.25, 0.3) is 11.1 Å². The van der Waals surface area contributed by atoms with Crippen LogP contribution in [0.4, 0.5) is 14.5 Å². The lowest BCUT2D eigenvalue weighted by molar-refractivity contribution is 0.102. The number of sulfonamides is 1. The maximum absolute atomic E-state index is 14.6. The van der Waals surface area contributed by atoms with Gasteiger partial charge in [0.25, 0.3) is 5.91 Å². The average Bonchev–Trinajstić information content (AvgIpc) is 2.76. The van der Waals surface area contributed by atoms with E-state index in [0.29, 0.717) is 11.6 Å². The molecule has 9 heteroatoms. The highest BCUT2D eigenvalue weighted by Gasteiger charge is 2.25. The molecule has 0 aliphatic carbocycles. The van der Waals surface area contributed by atoms with Crippen molar-refractivity contribution in [3.63, 3.8) is 0 Å². The number of nitrogens with zero attached hydrogens (tertiary/aromatic N) is 1. The molecule has 3 aromatic rings. The van der Waals surface area contributed by atoms with E-state index in [1.807, 2.05) is 0 Å². The van der Waals surface area contributed by atoms with E-state index < -0.39 is 27.6 Å². The minimum absolute atomic E-state index is 0.00946. The minimum atomic E-state index is -3.84. The molecule has 0 atom stereocenters. The van der Waals surface area contributed by atoms with Gasteiger partial charge in [-0.05, 0) is 29.8 Å². The van der Waals surface area contributed by atoms with E-state index in [0.717, 1.165) is 12.1 Å². The summed E-state index contributed by atoms with van der Waals surface area (Å²) in [4.78, 5) is 12.9. The molecule has 0 aliphatic heterocycles. The van der Waals surface area contributed by atoms with Gasteiger partial charge in [-0.15, -0.1) is 0 Å². The monoisotopic (exact) mass is 478 g/mol. The highest BCUT2D eigenvalue weighted by Crippen LogP contribution is 2.32. The lowest BCUT2D eigenvalue weighted by atomic mass is 10.0. The van der Waals surface area contributed by atoms with Gasteiger partial charge in [-0.2, -0.15) is 4.31 Å². The second-order valence-corrected chi connectivity index (χ2v) is 9.21. The van der Waals surface area contributed by atoms with Crippen molar-refractivity contribution in [3.05, 3.63) is 82.9 Å². The topological polar surface area (TPSA) is 66.5 Å². The van der Waals surface area contributed by atoms with Gasteiger partial charge in [-0.25, -0.2) is 17.2 Å². The van der Waals surface area contributed by atoms with E-state index in [1.165, 1.54) is 16.4 Å². The van der Waals surface area contributed by atoms with E-state index in [-0.39, 0.29) is 39.8 Å². The van der Waals surface area contributed by atoms with E-state index in [4.69, 9.17) is 11.6 Å². The quantitative estimate of drug-likeness (QED) is 0.483. The summed E-state index contributed by atoms with van der Waals surface area (Å²) in [5, 5.41) is 2.41. The summed E-state index contributed by atoms with van der Waals surface area (Å²) in [5.41, 5.74) is 0.239. The summed E-state index contributed by atoms with van der Waals surface area (Å²) in [5.74, 6) is -2.60. The summed E-state index contributed by atoms with van der Waals surface area (Å²) in [7, 11) is -3.84. The van der Waals surface area contributed by atoms with Crippen LogP contribution in [0.5, 0.6) is 0 Å². The normalized spacial score (nSPS) is 11.6. The number of anilines is 1.